The molecule has 1 aromatic carbocycles. The third-order valence-corrected chi connectivity index (χ3v) is 3.88. The lowest BCUT2D eigenvalue weighted by Crippen LogP contribution is -2.42. The van der Waals surface area contributed by atoms with Gasteiger partial charge in [0.2, 0.25) is 0 Å². The number of nitrogen functional groups attached to an aromatic ring is 1. The van der Waals surface area contributed by atoms with Gasteiger partial charge in [-0.25, -0.2) is 0 Å². The molecule has 8 heteroatoms. The number of benzene rings is 1. The lowest BCUT2D eigenvalue weighted by molar-refractivity contribution is -0.383. The van der Waals surface area contributed by atoms with Gasteiger partial charge in [-0.15, -0.1) is 0 Å². The molecule has 0 saturated carbocycles. The van der Waals surface area contributed by atoms with Crippen LogP contribution in [0.3, 0.4) is 0 Å². The minimum absolute atomic E-state index is 0.0384. The normalized spacial score (nSPS) is 11.0. The molecule has 1 amide bonds. The third kappa shape index (κ3) is 3.51. The number of hydrogen-bond acceptors (Lipinski definition) is 5. The van der Waals surface area contributed by atoms with Crippen LogP contribution in [0.2, 0.25) is 0 Å². The Balaban J connectivity index is 2.92. The van der Waals surface area contributed by atoms with Gasteiger partial charge in [0, 0.05) is 18.2 Å². The van der Waals surface area contributed by atoms with E-state index in [0.29, 0.717) is 12.8 Å². The van der Waals surface area contributed by atoms with E-state index < -0.39 is 22.2 Å². The highest BCUT2D eigenvalue weighted by Crippen LogP contribution is 2.26. The first-order chi connectivity index (χ1) is 10.3. The van der Waals surface area contributed by atoms with Crippen molar-refractivity contribution in [2.24, 2.45) is 5.41 Å². The van der Waals surface area contributed by atoms with Crippen molar-refractivity contribution in [3.8, 4) is 0 Å². The van der Waals surface area contributed by atoms with Crippen LogP contribution in [-0.4, -0.2) is 28.5 Å². The highest BCUT2D eigenvalue weighted by Gasteiger charge is 2.35. The zero-order valence-corrected chi connectivity index (χ0v) is 12.5. The highest BCUT2D eigenvalue weighted by atomic mass is 16.6. The summed E-state index contributed by atoms with van der Waals surface area (Å²) in [6, 6.07) is 3.71. The van der Waals surface area contributed by atoms with E-state index in [-0.39, 0.29) is 23.5 Å². The number of anilines is 1. The van der Waals surface area contributed by atoms with Crippen molar-refractivity contribution in [3.63, 3.8) is 0 Å². The number of nitro groups is 1. The van der Waals surface area contributed by atoms with E-state index in [2.05, 4.69) is 5.32 Å². The van der Waals surface area contributed by atoms with E-state index in [9.17, 15) is 24.8 Å². The van der Waals surface area contributed by atoms with Gasteiger partial charge in [0.25, 0.3) is 11.6 Å². The summed E-state index contributed by atoms with van der Waals surface area (Å²) in [5, 5.41) is 22.6. The van der Waals surface area contributed by atoms with Gasteiger partial charge >= 0.3 is 5.97 Å². The van der Waals surface area contributed by atoms with Crippen molar-refractivity contribution >= 4 is 23.3 Å². The second kappa shape index (κ2) is 6.88. The fourth-order valence-corrected chi connectivity index (χ4v) is 2.07. The maximum Gasteiger partial charge on any atom is 0.311 e. The van der Waals surface area contributed by atoms with Crippen molar-refractivity contribution in [3.05, 3.63) is 33.9 Å². The van der Waals surface area contributed by atoms with Crippen LogP contribution in [0.15, 0.2) is 18.2 Å². The Hall–Kier alpha value is -2.64. The molecule has 0 radical (unpaired) electrons. The number of nitrogens with one attached hydrogen (secondary N) is 1. The van der Waals surface area contributed by atoms with Crippen molar-refractivity contribution in [2.75, 3.05) is 12.3 Å². The van der Waals surface area contributed by atoms with Gasteiger partial charge in [-0.2, -0.15) is 0 Å². The van der Waals surface area contributed by atoms with Gasteiger partial charge in [-0.3, -0.25) is 19.7 Å². The van der Waals surface area contributed by atoms with Gasteiger partial charge in [-0.1, -0.05) is 13.8 Å². The molecule has 120 valence electrons. The average molecular weight is 309 g/mol. The second-order valence-electron chi connectivity index (χ2n) is 5.01. The van der Waals surface area contributed by atoms with Crippen molar-refractivity contribution < 1.29 is 19.6 Å². The predicted octanol–water partition coefficient (Wildman–Crippen LogP) is 1.80. The van der Waals surface area contributed by atoms with Gasteiger partial charge < -0.3 is 16.2 Å². The quantitative estimate of drug-likeness (QED) is 0.399. The zero-order valence-electron chi connectivity index (χ0n) is 12.5. The Morgan fingerprint density at radius 3 is 2.41 bits per heavy atom. The molecular formula is C14H19N3O5. The number of carbonyl (C=O) groups is 2. The Morgan fingerprint density at radius 1 is 1.36 bits per heavy atom. The summed E-state index contributed by atoms with van der Waals surface area (Å²) < 4.78 is 0. The summed E-state index contributed by atoms with van der Waals surface area (Å²) in [4.78, 5) is 33.6. The fourth-order valence-electron chi connectivity index (χ4n) is 2.07. The minimum atomic E-state index is -1.05. The molecule has 22 heavy (non-hydrogen) atoms. The molecular weight excluding hydrogens is 290 g/mol. The lowest BCUT2D eigenvalue weighted by atomic mass is 9.82. The van der Waals surface area contributed by atoms with Crippen LogP contribution in [0, 0.1) is 15.5 Å². The molecule has 8 nitrogen and oxygen atoms in total. The predicted molar refractivity (Wildman–Crippen MR) is 80.5 cm³/mol. The standard InChI is InChI=1S/C14H19N3O5/c1-3-14(4-2,13(19)20)8-16-12(18)9-5-6-10(15)11(7-9)17(21)22/h5-7H,3-4,8,15H2,1-2H3,(H,16,18)(H,19,20). The van der Waals surface area contributed by atoms with Crippen LogP contribution in [0.4, 0.5) is 11.4 Å². The van der Waals surface area contributed by atoms with Crippen LogP contribution >= 0.6 is 0 Å². The van der Waals surface area contributed by atoms with E-state index in [1.807, 2.05) is 0 Å². The number of aliphatic carboxylic acids is 1. The Kier molecular flexibility index (Phi) is 5.44. The molecule has 0 aliphatic rings. The minimum Gasteiger partial charge on any atom is -0.481 e. The SMILES string of the molecule is CCC(CC)(CNC(=O)c1ccc(N)c([N+](=O)[O-])c1)C(=O)O. The van der Waals surface area contributed by atoms with E-state index in [0.717, 1.165) is 6.07 Å². The van der Waals surface area contributed by atoms with Crippen LogP contribution < -0.4 is 11.1 Å². The molecule has 0 aliphatic heterocycles. The number of rotatable bonds is 7. The number of nitrogens with two attached hydrogens (primary N) is 1. The first kappa shape index (κ1) is 17.4. The summed E-state index contributed by atoms with van der Waals surface area (Å²) in [5.41, 5.74) is 4.09. The van der Waals surface area contributed by atoms with Crippen molar-refractivity contribution in [1.82, 2.24) is 5.32 Å². The first-order valence-electron chi connectivity index (χ1n) is 6.83. The molecule has 0 bridgehead atoms. The number of carbonyl (C=O) groups excluding carboxylic acids is 1. The van der Waals surface area contributed by atoms with E-state index in [4.69, 9.17) is 5.73 Å². The summed E-state index contributed by atoms with van der Waals surface area (Å²) in [7, 11) is 0. The topological polar surface area (TPSA) is 136 Å². The van der Waals surface area contributed by atoms with E-state index in [1.165, 1.54) is 12.1 Å². The second-order valence-corrected chi connectivity index (χ2v) is 5.01. The Bertz CT molecular complexity index is 596. The summed E-state index contributed by atoms with van der Waals surface area (Å²) in [5.74, 6) is -1.56. The molecule has 0 aromatic heterocycles. The largest absolute Gasteiger partial charge is 0.481 e. The summed E-state index contributed by atoms with van der Waals surface area (Å²) in [6.07, 6.45) is 0.724. The van der Waals surface area contributed by atoms with Gasteiger partial charge in [0.1, 0.15) is 5.69 Å². The highest BCUT2D eigenvalue weighted by molar-refractivity contribution is 5.96. The molecule has 0 unspecified atom stereocenters. The number of nitro benzene ring substituents is 1. The summed E-state index contributed by atoms with van der Waals surface area (Å²) in [6.45, 7) is 3.42. The zero-order chi connectivity index (χ0) is 16.9. The van der Waals surface area contributed by atoms with Gasteiger partial charge in [0.15, 0.2) is 0 Å². The van der Waals surface area contributed by atoms with Crippen LogP contribution in [0.5, 0.6) is 0 Å². The molecule has 1 aromatic rings. The maximum atomic E-state index is 12.1. The molecule has 0 heterocycles. The Morgan fingerprint density at radius 2 is 1.95 bits per heavy atom. The molecule has 0 aliphatic carbocycles. The molecule has 0 fully saturated rings. The van der Waals surface area contributed by atoms with Gasteiger partial charge in [-0.05, 0) is 25.0 Å². The Labute approximate surface area is 127 Å². The number of carboxylic acids is 1. The monoisotopic (exact) mass is 309 g/mol. The van der Waals surface area contributed by atoms with Gasteiger partial charge in [0.05, 0.1) is 10.3 Å². The van der Waals surface area contributed by atoms with Crippen molar-refractivity contribution in [2.45, 2.75) is 26.7 Å². The number of nitrogens with zero attached hydrogens (tertiary/aromatic N) is 1. The maximum absolute atomic E-state index is 12.1. The smallest absolute Gasteiger partial charge is 0.311 e. The number of hydrogen-bond donors (Lipinski definition) is 3. The molecule has 4 N–H and O–H groups in total. The van der Waals surface area contributed by atoms with Crippen LogP contribution in [0.1, 0.15) is 37.0 Å². The average Bonchev–Trinajstić information content (AvgIpc) is 2.48. The first-order valence-corrected chi connectivity index (χ1v) is 6.83. The molecule has 0 saturated heterocycles. The lowest BCUT2D eigenvalue weighted by Gasteiger charge is -2.26. The number of amides is 1. The van der Waals surface area contributed by atoms with Crippen molar-refractivity contribution in [1.29, 1.82) is 0 Å². The van der Waals surface area contributed by atoms with Crippen LogP contribution in [0.25, 0.3) is 0 Å². The molecule has 0 atom stereocenters. The molecule has 1 rings (SSSR count). The summed E-state index contributed by atoms with van der Waals surface area (Å²) >= 11 is 0. The fraction of sp³-hybridized carbons (Fsp3) is 0.429. The molecule has 0 spiro atoms. The van der Waals surface area contributed by atoms with E-state index >= 15 is 0 Å². The number of carboxylic acid groups (broad SMARTS) is 1. The third-order valence-electron chi connectivity index (χ3n) is 3.88. The van der Waals surface area contributed by atoms with Crippen LogP contribution in [-0.2, 0) is 4.79 Å². The van der Waals surface area contributed by atoms with E-state index in [1.54, 1.807) is 13.8 Å².